The van der Waals surface area contributed by atoms with Gasteiger partial charge < -0.3 is 10.1 Å². The van der Waals surface area contributed by atoms with Crippen molar-refractivity contribution in [1.29, 1.82) is 0 Å². The van der Waals surface area contributed by atoms with Crippen LogP contribution in [0.15, 0.2) is 52.5 Å². The molecule has 1 heterocycles. The topological polar surface area (TPSA) is 66.0 Å². The first-order valence-corrected chi connectivity index (χ1v) is 6.92. The van der Waals surface area contributed by atoms with Gasteiger partial charge in [-0.3, -0.25) is 0 Å². The summed E-state index contributed by atoms with van der Waals surface area (Å²) in [5.74, 6) is -0.927. The molecule has 3 aromatic rings. The number of aromatic amines is 1. The molecule has 0 bridgehead atoms. The van der Waals surface area contributed by atoms with Crippen LogP contribution >= 0.6 is 11.8 Å². The molecule has 0 spiro atoms. The molecule has 2 N–H and O–H groups in total. The Balaban J connectivity index is 2.01. The zero-order valence-electron chi connectivity index (χ0n) is 10.8. The zero-order chi connectivity index (χ0) is 14.1. The number of aromatic carboxylic acids is 1. The van der Waals surface area contributed by atoms with Crippen LogP contribution in [0.4, 0.5) is 0 Å². The highest BCUT2D eigenvalue weighted by atomic mass is 32.2. The molecule has 0 aliphatic carbocycles. The number of benzene rings is 2. The van der Waals surface area contributed by atoms with Crippen molar-refractivity contribution in [2.75, 3.05) is 0 Å². The van der Waals surface area contributed by atoms with Crippen molar-refractivity contribution in [2.45, 2.75) is 17.0 Å². The largest absolute Gasteiger partial charge is 0.478 e. The Bertz CT molecular complexity index is 762. The van der Waals surface area contributed by atoms with Gasteiger partial charge in [-0.1, -0.05) is 30.0 Å². The van der Waals surface area contributed by atoms with E-state index in [1.165, 1.54) is 11.8 Å². The number of carboxylic acids is 1. The van der Waals surface area contributed by atoms with E-state index in [1.54, 1.807) is 12.1 Å². The molecule has 4 nitrogen and oxygen atoms in total. The minimum Gasteiger partial charge on any atom is -0.478 e. The summed E-state index contributed by atoms with van der Waals surface area (Å²) < 4.78 is 0. The highest BCUT2D eigenvalue weighted by Crippen LogP contribution is 2.30. The van der Waals surface area contributed by atoms with Crippen LogP contribution in [0.3, 0.4) is 0 Å². The van der Waals surface area contributed by atoms with Gasteiger partial charge in [-0.2, -0.15) is 0 Å². The van der Waals surface area contributed by atoms with Gasteiger partial charge in [-0.05, 0) is 36.8 Å². The lowest BCUT2D eigenvalue weighted by atomic mass is 10.1. The minimum atomic E-state index is -0.927. The van der Waals surface area contributed by atoms with Crippen molar-refractivity contribution in [3.8, 4) is 0 Å². The van der Waals surface area contributed by atoms with Crippen LogP contribution in [0.25, 0.3) is 11.0 Å². The number of imidazole rings is 1. The van der Waals surface area contributed by atoms with Gasteiger partial charge in [0.1, 0.15) is 0 Å². The SMILES string of the molecule is Cc1ccc(C(=O)O)c(Sc2nc3ccccc3[nH]2)c1. The Morgan fingerprint density at radius 1 is 1.25 bits per heavy atom. The summed E-state index contributed by atoms with van der Waals surface area (Å²) in [5.41, 5.74) is 3.13. The summed E-state index contributed by atoms with van der Waals surface area (Å²) in [7, 11) is 0. The molecule has 0 aliphatic heterocycles. The van der Waals surface area contributed by atoms with Crippen LogP contribution in [0.5, 0.6) is 0 Å². The van der Waals surface area contributed by atoms with Crippen LogP contribution < -0.4 is 0 Å². The maximum atomic E-state index is 11.3. The molecule has 0 aliphatic rings. The van der Waals surface area contributed by atoms with Gasteiger partial charge in [0.25, 0.3) is 0 Å². The predicted octanol–water partition coefficient (Wildman–Crippen LogP) is 3.72. The van der Waals surface area contributed by atoms with Crippen molar-refractivity contribution in [1.82, 2.24) is 9.97 Å². The first-order chi connectivity index (χ1) is 9.63. The fraction of sp³-hybridized carbons (Fsp3) is 0.0667. The first kappa shape index (κ1) is 12.7. The van der Waals surface area contributed by atoms with Crippen molar-refractivity contribution < 1.29 is 9.90 Å². The molecule has 2 aromatic carbocycles. The molecule has 20 heavy (non-hydrogen) atoms. The number of H-pyrrole nitrogens is 1. The minimum absolute atomic E-state index is 0.293. The number of carboxylic acid groups (broad SMARTS) is 1. The van der Waals surface area contributed by atoms with Crippen LogP contribution in [0.2, 0.25) is 0 Å². The number of aromatic nitrogens is 2. The van der Waals surface area contributed by atoms with E-state index in [9.17, 15) is 9.90 Å². The molecule has 0 saturated carbocycles. The van der Waals surface area contributed by atoms with E-state index in [0.717, 1.165) is 16.6 Å². The zero-order valence-corrected chi connectivity index (χ0v) is 11.6. The van der Waals surface area contributed by atoms with Crippen molar-refractivity contribution in [3.05, 3.63) is 53.6 Å². The summed E-state index contributed by atoms with van der Waals surface area (Å²) in [4.78, 5) is 19.6. The molecular weight excluding hydrogens is 272 g/mol. The van der Waals surface area contributed by atoms with Crippen molar-refractivity contribution >= 4 is 28.8 Å². The van der Waals surface area contributed by atoms with Crippen LogP contribution in [0.1, 0.15) is 15.9 Å². The molecular formula is C15H12N2O2S. The lowest BCUT2D eigenvalue weighted by Gasteiger charge is -2.04. The number of carbonyl (C=O) groups is 1. The van der Waals surface area contributed by atoms with E-state index in [-0.39, 0.29) is 0 Å². The molecule has 0 atom stereocenters. The van der Waals surface area contributed by atoms with Gasteiger partial charge in [-0.25, -0.2) is 9.78 Å². The van der Waals surface area contributed by atoms with Gasteiger partial charge in [0.05, 0.1) is 16.6 Å². The molecule has 0 amide bonds. The van der Waals surface area contributed by atoms with Crippen molar-refractivity contribution in [3.63, 3.8) is 0 Å². The fourth-order valence-corrected chi connectivity index (χ4v) is 3.00. The molecule has 5 heteroatoms. The molecule has 0 saturated heterocycles. The summed E-state index contributed by atoms with van der Waals surface area (Å²) in [5, 5.41) is 9.92. The first-order valence-electron chi connectivity index (χ1n) is 6.10. The average molecular weight is 284 g/mol. The molecule has 3 rings (SSSR count). The summed E-state index contributed by atoms with van der Waals surface area (Å²) in [6, 6.07) is 13.0. The summed E-state index contributed by atoms with van der Waals surface area (Å²) in [6.07, 6.45) is 0. The van der Waals surface area contributed by atoms with Gasteiger partial charge in [0.2, 0.25) is 0 Å². The quantitative estimate of drug-likeness (QED) is 0.769. The highest BCUT2D eigenvalue weighted by molar-refractivity contribution is 7.99. The normalized spacial score (nSPS) is 10.8. The van der Waals surface area contributed by atoms with E-state index in [1.807, 2.05) is 37.3 Å². The number of fused-ring (bicyclic) bond motifs is 1. The second kappa shape index (κ2) is 5.02. The lowest BCUT2D eigenvalue weighted by molar-refractivity contribution is 0.0693. The highest BCUT2D eigenvalue weighted by Gasteiger charge is 2.13. The summed E-state index contributed by atoms with van der Waals surface area (Å²) in [6.45, 7) is 1.94. The van der Waals surface area contributed by atoms with E-state index in [2.05, 4.69) is 9.97 Å². The third-order valence-corrected chi connectivity index (χ3v) is 3.89. The number of nitrogens with zero attached hydrogens (tertiary/aromatic N) is 1. The Labute approximate surface area is 119 Å². The molecule has 1 aromatic heterocycles. The Morgan fingerprint density at radius 3 is 2.80 bits per heavy atom. The predicted molar refractivity (Wildman–Crippen MR) is 78.4 cm³/mol. The number of hydrogen-bond donors (Lipinski definition) is 2. The van der Waals surface area contributed by atoms with Gasteiger partial charge in [-0.15, -0.1) is 0 Å². The standard InChI is InChI=1S/C15H12N2O2S/c1-9-6-7-10(14(18)19)13(8-9)20-15-16-11-4-2-3-5-12(11)17-15/h2-8H,1H3,(H,16,17)(H,18,19). The summed E-state index contributed by atoms with van der Waals surface area (Å²) >= 11 is 1.33. The second-order valence-corrected chi connectivity index (χ2v) is 5.50. The van der Waals surface area contributed by atoms with Crippen LogP contribution in [-0.4, -0.2) is 21.0 Å². The molecule has 0 radical (unpaired) electrons. The fourth-order valence-electron chi connectivity index (χ4n) is 1.97. The number of nitrogens with one attached hydrogen (secondary N) is 1. The molecule has 0 unspecified atom stereocenters. The Morgan fingerprint density at radius 2 is 2.05 bits per heavy atom. The molecule has 100 valence electrons. The average Bonchev–Trinajstić information content (AvgIpc) is 2.80. The maximum Gasteiger partial charge on any atom is 0.336 e. The van der Waals surface area contributed by atoms with E-state index in [0.29, 0.717) is 15.6 Å². The van der Waals surface area contributed by atoms with Crippen molar-refractivity contribution in [2.24, 2.45) is 0 Å². The second-order valence-electron chi connectivity index (χ2n) is 4.47. The number of rotatable bonds is 3. The van der Waals surface area contributed by atoms with Crippen LogP contribution in [0, 0.1) is 6.92 Å². The lowest BCUT2D eigenvalue weighted by Crippen LogP contribution is -1.99. The molecule has 0 fully saturated rings. The van der Waals surface area contributed by atoms with E-state index < -0.39 is 5.97 Å². The van der Waals surface area contributed by atoms with Gasteiger partial charge in [0.15, 0.2) is 5.16 Å². The third-order valence-electron chi connectivity index (χ3n) is 2.94. The van der Waals surface area contributed by atoms with Gasteiger partial charge in [0, 0.05) is 4.90 Å². The maximum absolute atomic E-state index is 11.3. The van der Waals surface area contributed by atoms with E-state index >= 15 is 0 Å². The number of hydrogen-bond acceptors (Lipinski definition) is 3. The Kier molecular flexibility index (Phi) is 3.20. The van der Waals surface area contributed by atoms with Gasteiger partial charge >= 0.3 is 5.97 Å². The van der Waals surface area contributed by atoms with E-state index in [4.69, 9.17) is 0 Å². The number of para-hydroxylation sites is 2. The third kappa shape index (κ3) is 2.40. The number of aryl methyl sites for hydroxylation is 1. The Hall–Kier alpha value is -2.27. The smallest absolute Gasteiger partial charge is 0.336 e. The monoisotopic (exact) mass is 284 g/mol. The van der Waals surface area contributed by atoms with Crippen LogP contribution in [-0.2, 0) is 0 Å².